The first-order valence-electron chi connectivity index (χ1n) is 7.91. The zero-order valence-corrected chi connectivity index (χ0v) is 13.0. The summed E-state index contributed by atoms with van der Waals surface area (Å²) < 4.78 is 5.40. The Morgan fingerprint density at radius 3 is 2.83 bits per heavy atom. The molecular weight excluding hydrogens is 292 g/mol. The quantitative estimate of drug-likeness (QED) is 0.696. The monoisotopic (exact) mass is 312 g/mol. The van der Waals surface area contributed by atoms with Gasteiger partial charge in [0.25, 0.3) is 5.91 Å². The van der Waals surface area contributed by atoms with Crippen molar-refractivity contribution in [2.45, 2.75) is 25.7 Å². The number of hydrogen-bond donors (Lipinski definition) is 1. The number of para-hydroxylation sites is 1. The summed E-state index contributed by atoms with van der Waals surface area (Å²) in [6.07, 6.45) is 5.65. The van der Waals surface area contributed by atoms with E-state index in [2.05, 4.69) is 12.0 Å². The molecule has 120 valence electrons. The summed E-state index contributed by atoms with van der Waals surface area (Å²) >= 11 is 0. The van der Waals surface area contributed by atoms with Crippen molar-refractivity contribution >= 4 is 16.9 Å². The fraction of sp³-hybridized carbons (Fsp3) is 0.333. The van der Waals surface area contributed by atoms with E-state index in [4.69, 9.17) is 4.42 Å². The number of allylic oxidation sites excluding steroid dienone is 1. The number of nitrogens with zero attached hydrogens (tertiary/aromatic N) is 1. The van der Waals surface area contributed by atoms with E-state index < -0.39 is 11.5 Å². The van der Waals surface area contributed by atoms with Gasteiger partial charge in [-0.2, -0.15) is 0 Å². The van der Waals surface area contributed by atoms with Crippen molar-refractivity contribution in [1.29, 1.82) is 0 Å². The van der Waals surface area contributed by atoms with Gasteiger partial charge in [0.15, 0.2) is 0 Å². The lowest BCUT2D eigenvalue weighted by Crippen LogP contribution is -2.46. The summed E-state index contributed by atoms with van der Waals surface area (Å²) in [5.41, 5.74) is 3.64. The van der Waals surface area contributed by atoms with E-state index >= 15 is 0 Å². The largest absolute Gasteiger partial charge is 0.422 e. The van der Waals surface area contributed by atoms with Crippen molar-refractivity contribution < 1.29 is 9.21 Å². The number of hydrazine groups is 1. The molecule has 0 bridgehead atoms. The minimum absolute atomic E-state index is 0.0406. The fourth-order valence-electron chi connectivity index (χ4n) is 2.89. The van der Waals surface area contributed by atoms with E-state index in [1.807, 2.05) is 23.2 Å². The van der Waals surface area contributed by atoms with Gasteiger partial charge in [-0.05, 0) is 30.9 Å². The van der Waals surface area contributed by atoms with Crippen molar-refractivity contribution in [3.05, 3.63) is 58.5 Å². The average Bonchev–Trinajstić information content (AvgIpc) is 2.56. The Hall–Kier alpha value is -2.40. The molecule has 0 radical (unpaired) electrons. The minimum Gasteiger partial charge on any atom is -0.422 e. The fourth-order valence-corrected chi connectivity index (χ4v) is 2.89. The van der Waals surface area contributed by atoms with Crippen LogP contribution in [0.5, 0.6) is 0 Å². The molecule has 3 rings (SSSR count). The predicted molar refractivity (Wildman–Crippen MR) is 89.3 cm³/mol. The Bertz CT molecular complexity index is 788. The van der Waals surface area contributed by atoms with E-state index in [-0.39, 0.29) is 5.56 Å². The van der Waals surface area contributed by atoms with Crippen LogP contribution in [-0.4, -0.2) is 24.0 Å². The standard InChI is InChI=1S/C18H20N2O3/c1-2-7-13-8-6-9-14-12-15(18(22)23-16(13)14)17(21)19-20-10-4-3-5-11-20/h2,6,8-9,12H,1,3-5,7,10-11H2,(H,19,21). The van der Waals surface area contributed by atoms with Gasteiger partial charge >= 0.3 is 5.63 Å². The van der Waals surface area contributed by atoms with Crippen LogP contribution in [0.1, 0.15) is 35.2 Å². The summed E-state index contributed by atoms with van der Waals surface area (Å²) in [4.78, 5) is 24.6. The molecule has 1 aliphatic rings. The third-order valence-electron chi connectivity index (χ3n) is 4.07. The normalized spacial score (nSPS) is 15.5. The molecule has 1 saturated heterocycles. The number of carbonyl (C=O) groups excluding carboxylic acids is 1. The zero-order chi connectivity index (χ0) is 16.2. The van der Waals surface area contributed by atoms with Crippen LogP contribution in [0.3, 0.4) is 0 Å². The molecule has 5 nitrogen and oxygen atoms in total. The van der Waals surface area contributed by atoms with E-state index in [0.717, 1.165) is 36.9 Å². The van der Waals surface area contributed by atoms with Crippen LogP contribution in [0.2, 0.25) is 0 Å². The number of piperidine rings is 1. The Morgan fingerprint density at radius 1 is 1.30 bits per heavy atom. The maximum Gasteiger partial charge on any atom is 0.349 e. The molecule has 1 amide bonds. The van der Waals surface area contributed by atoms with E-state index in [0.29, 0.717) is 12.0 Å². The Kier molecular flexibility index (Phi) is 4.57. The number of hydrogen-bond acceptors (Lipinski definition) is 4. The number of rotatable bonds is 4. The van der Waals surface area contributed by atoms with Gasteiger partial charge in [0.05, 0.1) is 0 Å². The molecule has 2 aromatic rings. The van der Waals surface area contributed by atoms with Gasteiger partial charge in [-0.1, -0.05) is 30.7 Å². The first-order valence-corrected chi connectivity index (χ1v) is 7.91. The summed E-state index contributed by atoms with van der Waals surface area (Å²) in [7, 11) is 0. The molecule has 0 spiro atoms. The highest BCUT2D eigenvalue weighted by Crippen LogP contribution is 2.19. The van der Waals surface area contributed by atoms with Gasteiger partial charge in [-0.3, -0.25) is 10.2 Å². The lowest BCUT2D eigenvalue weighted by molar-refractivity contribution is 0.0746. The molecule has 0 unspecified atom stereocenters. The van der Waals surface area contributed by atoms with Gasteiger partial charge in [0, 0.05) is 18.5 Å². The second-order valence-electron chi connectivity index (χ2n) is 5.76. The van der Waals surface area contributed by atoms with Crippen LogP contribution in [0.25, 0.3) is 11.0 Å². The third kappa shape index (κ3) is 3.35. The number of nitrogens with one attached hydrogen (secondary N) is 1. The Balaban J connectivity index is 1.91. The van der Waals surface area contributed by atoms with Crippen LogP contribution in [0.4, 0.5) is 0 Å². The Labute approximate surface area is 134 Å². The molecule has 23 heavy (non-hydrogen) atoms. The van der Waals surface area contributed by atoms with Gasteiger partial charge in [-0.15, -0.1) is 6.58 Å². The summed E-state index contributed by atoms with van der Waals surface area (Å²) in [5.74, 6) is -0.406. The smallest absolute Gasteiger partial charge is 0.349 e. The van der Waals surface area contributed by atoms with Crippen molar-refractivity contribution in [3.8, 4) is 0 Å². The number of carbonyl (C=O) groups is 1. The molecule has 5 heteroatoms. The first-order chi connectivity index (χ1) is 11.2. The molecule has 1 fully saturated rings. The third-order valence-corrected chi connectivity index (χ3v) is 4.07. The number of amides is 1. The van der Waals surface area contributed by atoms with E-state index in [1.165, 1.54) is 6.42 Å². The maximum atomic E-state index is 12.4. The SMILES string of the molecule is C=CCc1cccc2cc(C(=O)NN3CCCCC3)c(=O)oc12. The second-order valence-corrected chi connectivity index (χ2v) is 5.76. The first kappa shape index (κ1) is 15.5. The van der Waals surface area contributed by atoms with Crippen LogP contribution in [0.15, 0.2) is 46.1 Å². The number of benzene rings is 1. The molecule has 1 N–H and O–H groups in total. The maximum absolute atomic E-state index is 12.4. The molecular formula is C18H20N2O3. The van der Waals surface area contributed by atoms with Crippen LogP contribution in [-0.2, 0) is 6.42 Å². The molecule has 2 heterocycles. The summed E-state index contributed by atoms with van der Waals surface area (Å²) in [6, 6.07) is 7.21. The molecule has 1 aromatic heterocycles. The highest BCUT2D eigenvalue weighted by atomic mass is 16.4. The summed E-state index contributed by atoms with van der Waals surface area (Å²) in [6.45, 7) is 5.33. The molecule has 0 aliphatic carbocycles. The summed E-state index contributed by atoms with van der Waals surface area (Å²) in [5, 5.41) is 2.61. The molecule has 1 aromatic carbocycles. The minimum atomic E-state index is -0.608. The average molecular weight is 312 g/mol. The number of fused-ring (bicyclic) bond motifs is 1. The lowest BCUT2D eigenvalue weighted by Gasteiger charge is -2.26. The predicted octanol–water partition coefficient (Wildman–Crippen LogP) is 2.65. The Morgan fingerprint density at radius 2 is 2.09 bits per heavy atom. The highest BCUT2D eigenvalue weighted by molar-refractivity contribution is 5.96. The van der Waals surface area contributed by atoms with Crippen molar-refractivity contribution in [2.75, 3.05) is 13.1 Å². The highest BCUT2D eigenvalue weighted by Gasteiger charge is 2.18. The molecule has 1 aliphatic heterocycles. The zero-order valence-electron chi connectivity index (χ0n) is 13.0. The van der Waals surface area contributed by atoms with E-state index in [9.17, 15) is 9.59 Å². The second kappa shape index (κ2) is 6.79. The van der Waals surface area contributed by atoms with Crippen LogP contribution in [0, 0.1) is 0 Å². The van der Waals surface area contributed by atoms with Crippen molar-refractivity contribution in [1.82, 2.24) is 10.4 Å². The van der Waals surface area contributed by atoms with Gasteiger partial charge in [0.2, 0.25) is 0 Å². The molecule has 0 atom stereocenters. The van der Waals surface area contributed by atoms with Gasteiger partial charge in [-0.25, -0.2) is 9.80 Å². The van der Waals surface area contributed by atoms with Crippen molar-refractivity contribution in [2.24, 2.45) is 0 Å². The van der Waals surface area contributed by atoms with E-state index in [1.54, 1.807) is 12.1 Å². The van der Waals surface area contributed by atoms with Crippen LogP contribution < -0.4 is 11.1 Å². The van der Waals surface area contributed by atoms with Gasteiger partial charge in [0.1, 0.15) is 11.1 Å². The van der Waals surface area contributed by atoms with Crippen molar-refractivity contribution in [3.63, 3.8) is 0 Å². The topological polar surface area (TPSA) is 62.6 Å². The molecule has 0 saturated carbocycles. The lowest BCUT2D eigenvalue weighted by atomic mass is 10.1. The van der Waals surface area contributed by atoms with Gasteiger partial charge < -0.3 is 4.42 Å². The van der Waals surface area contributed by atoms with Crippen LogP contribution >= 0.6 is 0 Å².